The number of carbonyl (C=O) groups excluding carboxylic acids is 1. The smallest absolute Gasteiger partial charge is 0.247 e. The number of aromatic nitrogens is 1. The molecule has 0 spiro atoms. The molecule has 2 aliphatic heterocycles. The number of ether oxygens (including phenoxy) is 2. The van der Waals surface area contributed by atoms with Crippen LogP contribution in [0.4, 0.5) is 22.9 Å². The van der Waals surface area contributed by atoms with Gasteiger partial charge in [-0.25, -0.2) is 4.98 Å². The molecule has 4 aromatic rings. The maximum Gasteiger partial charge on any atom is 0.247 e. The fraction of sp³-hybridized carbons (Fsp3) is 0.333. The lowest BCUT2D eigenvalue weighted by atomic mass is 10.0. The van der Waals surface area contributed by atoms with Crippen molar-refractivity contribution >= 4 is 28.8 Å². The molecule has 3 aromatic carbocycles. The van der Waals surface area contributed by atoms with Crippen LogP contribution in [0.25, 0.3) is 11.1 Å². The average Bonchev–Trinajstić information content (AvgIpc) is 3.56. The second-order valence-electron chi connectivity index (χ2n) is 12.8. The largest absolute Gasteiger partial charge is 0.483 e. The number of nitrogens with two attached hydrogens (primary N) is 1. The molecule has 0 saturated carbocycles. The van der Waals surface area contributed by atoms with E-state index < -0.39 is 6.04 Å². The summed E-state index contributed by atoms with van der Waals surface area (Å²) in [6.45, 7) is 11.0. The van der Waals surface area contributed by atoms with Crippen molar-refractivity contribution in [1.82, 2.24) is 10.3 Å². The molecule has 2 aliphatic rings. The van der Waals surface area contributed by atoms with E-state index in [-0.39, 0.29) is 23.9 Å². The number of nitrogen functional groups attached to an aromatic ring is 1. The zero-order valence-electron chi connectivity index (χ0n) is 28.1. The number of amides is 1. The molecular weight excluding hydrogens is 600 g/mol. The number of hydrogen-bond acceptors (Lipinski definition) is 8. The molecule has 6 rings (SSSR count). The van der Waals surface area contributed by atoms with Crippen molar-refractivity contribution in [2.75, 3.05) is 54.3 Å². The predicted octanol–water partition coefficient (Wildman–Crippen LogP) is 6.92. The molecule has 48 heavy (non-hydrogen) atoms. The van der Waals surface area contributed by atoms with Gasteiger partial charge in [0.25, 0.3) is 0 Å². The summed E-state index contributed by atoms with van der Waals surface area (Å²) in [5.41, 5.74) is 13.4. The molecule has 1 amide bonds. The first-order valence-corrected chi connectivity index (χ1v) is 16.7. The Bertz CT molecular complexity index is 1670. The molecule has 1 aromatic heterocycles. The van der Waals surface area contributed by atoms with Crippen molar-refractivity contribution in [3.05, 3.63) is 115 Å². The molecule has 250 valence electrons. The number of rotatable bonds is 11. The molecule has 0 radical (unpaired) electrons. The van der Waals surface area contributed by atoms with Crippen molar-refractivity contribution in [3.63, 3.8) is 0 Å². The third-order valence-electron chi connectivity index (χ3n) is 9.36. The number of nitrogens with zero attached hydrogens (tertiary/aromatic N) is 3. The lowest BCUT2D eigenvalue weighted by Crippen LogP contribution is -2.43. The highest BCUT2D eigenvalue weighted by Gasteiger charge is 2.35. The molecular formula is C39H46N6O3. The van der Waals surface area contributed by atoms with Crippen LogP contribution in [0, 0.1) is 5.92 Å². The maximum atomic E-state index is 13.1. The van der Waals surface area contributed by atoms with Gasteiger partial charge in [-0.05, 0) is 90.6 Å². The van der Waals surface area contributed by atoms with Crippen molar-refractivity contribution < 1.29 is 14.3 Å². The first kappa shape index (κ1) is 32.9. The summed E-state index contributed by atoms with van der Waals surface area (Å²) in [7, 11) is 1.53. The van der Waals surface area contributed by atoms with Crippen LogP contribution in [-0.4, -0.2) is 50.3 Å². The zero-order valence-corrected chi connectivity index (χ0v) is 28.1. The van der Waals surface area contributed by atoms with Crippen LogP contribution in [0.15, 0.2) is 104 Å². The topological polar surface area (TPSA) is 105 Å². The van der Waals surface area contributed by atoms with E-state index in [1.165, 1.54) is 18.2 Å². The monoisotopic (exact) mass is 646 g/mol. The number of anilines is 4. The number of benzene rings is 3. The molecule has 2 unspecified atom stereocenters. The van der Waals surface area contributed by atoms with Crippen LogP contribution in [0.1, 0.15) is 49.9 Å². The van der Waals surface area contributed by atoms with Gasteiger partial charge >= 0.3 is 0 Å². The maximum absolute atomic E-state index is 13.1. The van der Waals surface area contributed by atoms with Gasteiger partial charge in [0, 0.05) is 41.9 Å². The van der Waals surface area contributed by atoms with E-state index >= 15 is 0 Å². The SMILES string of the molecule is C=C(N[C@H](C(=O)Nc1ccc(C2CCC(c3ccc(N)cc3)N2c2ccc(-c3ccc(N4CCOCC4)nc3)cc2)cc1)C(C)C)OC. The van der Waals surface area contributed by atoms with Gasteiger partial charge in [0.05, 0.1) is 32.4 Å². The van der Waals surface area contributed by atoms with Crippen LogP contribution in [0.5, 0.6) is 0 Å². The Morgan fingerprint density at radius 1 is 0.896 bits per heavy atom. The fourth-order valence-electron chi connectivity index (χ4n) is 6.68. The van der Waals surface area contributed by atoms with E-state index in [1.54, 1.807) is 0 Å². The minimum absolute atomic E-state index is 0.0469. The van der Waals surface area contributed by atoms with E-state index in [0.29, 0.717) is 5.88 Å². The third-order valence-corrected chi connectivity index (χ3v) is 9.36. The Balaban J connectivity index is 1.22. The first-order valence-electron chi connectivity index (χ1n) is 16.7. The van der Waals surface area contributed by atoms with Gasteiger partial charge in [-0.1, -0.05) is 50.2 Å². The normalized spacial score (nSPS) is 18.4. The summed E-state index contributed by atoms with van der Waals surface area (Å²) in [5.74, 6) is 1.27. The molecule has 3 atom stereocenters. The quantitative estimate of drug-likeness (QED) is 0.119. The number of hydrogen-bond donors (Lipinski definition) is 3. The first-order chi connectivity index (χ1) is 23.3. The highest BCUT2D eigenvalue weighted by molar-refractivity contribution is 5.95. The summed E-state index contributed by atoms with van der Waals surface area (Å²) >= 11 is 0. The molecule has 9 nitrogen and oxygen atoms in total. The van der Waals surface area contributed by atoms with E-state index in [4.69, 9.17) is 20.2 Å². The highest BCUT2D eigenvalue weighted by atomic mass is 16.5. The van der Waals surface area contributed by atoms with Crippen LogP contribution in [-0.2, 0) is 14.3 Å². The summed E-state index contributed by atoms with van der Waals surface area (Å²) in [5, 5.41) is 6.13. The van der Waals surface area contributed by atoms with Gasteiger partial charge < -0.3 is 35.6 Å². The molecule has 3 heterocycles. The molecule has 2 saturated heterocycles. The Morgan fingerprint density at radius 3 is 2.06 bits per heavy atom. The average molecular weight is 647 g/mol. The van der Waals surface area contributed by atoms with Gasteiger partial charge in [-0.3, -0.25) is 4.79 Å². The fourth-order valence-corrected chi connectivity index (χ4v) is 6.68. The van der Waals surface area contributed by atoms with Gasteiger partial charge in [-0.15, -0.1) is 0 Å². The highest BCUT2D eigenvalue weighted by Crippen LogP contribution is 2.47. The van der Waals surface area contributed by atoms with Crippen molar-refractivity contribution in [2.24, 2.45) is 5.92 Å². The summed E-state index contributed by atoms with van der Waals surface area (Å²) < 4.78 is 10.6. The van der Waals surface area contributed by atoms with Crippen LogP contribution < -0.4 is 26.2 Å². The minimum Gasteiger partial charge on any atom is -0.483 e. The number of carbonyl (C=O) groups is 1. The summed E-state index contributed by atoms with van der Waals surface area (Å²) in [6, 6.07) is 29.4. The third kappa shape index (κ3) is 7.42. The Hall–Kier alpha value is -5.02. The molecule has 4 N–H and O–H groups in total. The number of methoxy groups -OCH3 is 1. The Labute approximate surface area is 283 Å². The van der Waals surface area contributed by atoms with Gasteiger partial charge in [-0.2, -0.15) is 0 Å². The van der Waals surface area contributed by atoms with Crippen LogP contribution >= 0.6 is 0 Å². The van der Waals surface area contributed by atoms with Gasteiger partial charge in [0.2, 0.25) is 5.91 Å². The van der Waals surface area contributed by atoms with E-state index in [2.05, 4.69) is 87.7 Å². The lowest BCUT2D eigenvalue weighted by Gasteiger charge is -2.33. The molecule has 9 heteroatoms. The molecule has 0 bridgehead atoms. The zero-order chi connectivity index (χ0) is 33.6. The standard InChI is InChI=1S/C39H46N6O3/c1-26(2)38(42-27(3)47-4)39(46)43-33-14-7-30(8-15-33)36-19-18-35(29-5-12-32(40)13-6-29)45(36)34-16-9-28(10-17-34)31-11-20-37(41-25-31)44-21-23-48-24-22-44/h5-17,20,25-26,35-36,38,42H,3,18-19,21-24,40H2,1-2,4H3,(H,43,46)/t35?,36?,38-/m0/s1. The Kier molecular flexibility index (Phi) is 10.2. The van der Waals surface area contributed by atoms with E-state index in [0.717, 1.165) is 73.2 Å². The summed E-state index contributed by atoms with van der Waals surface area (Å²) in [6.07, 6.45) is 3.96. The number of morpholine rings is 1. The Morgan fingerprint density at radius 2 is 1.50 bits per heavy atom. The van der Waals surface area contributed by atoms with E-state index in [1.807, 2.05) is 44.3 Å². The molecule has 2 fully saturated rings. The van der Waals surface area contributed by atoms with Crippen LogP contribution in [0.2, 0.25) is 0 Å². The second-order valence-corrected chi connectivity index (χ2v) is 12.8. The van der Waals surface area contributed by atoms with Gasteiger partial charge in [0.1, 0.15) is 11.9 Å². The van der Waals surface area contributed by atoms with Crippen molar-refractivity contribution in [1.29, 1.82) is 0 Å². The van der Waals surface area contributed by atoms with Crippen molar-refractivity contribution in [2.45, 2.75) is 44.8 Å². The molecule has 0 aliphatic carbocycles. The van der Waals surface area contributed by atoms with Crippen molar-refractivity contribution in [3.8, 4) is 11.1 Å². The number of nitrogens with one attached hydrogen (secondary N) is 2. The predicted molar refractivity (Wildman–Crippen MR) is 194 cm³/mol. The van der Waals surface area contributed by atoms with Crippen LogP contribution in [0.3, 0.4) is 0 Å². The minimum atomic E-state index is -0.468. The summed E-state index contributed by atoms with van der Waals surface area (Å²) in [4.78, 5) is 22.7. The number of pyridine rings is 1. The lowest BCUT2D eigenvalue weighted by molar-refractivity contribution is -0.119. The van der Waals surface area contributed by atoms with E-state index in [9.17, 15) is 4.79 Å². The second kappa shape index (κ2) is 14.8. The van der Waals surface area contributed by atoms with Gasteiger partial charge in [0.15, 0.2) is 5.88 Å².